The predicted octanol–water partition coefficient (Wildman–Crippen LogP) is 6.60. The molecule has 2 heteroatoms. The first-order valence-corrected chi connectivity index (χ1v) is 9.58. The lowest BCUT2D eigenvalue weighted by atomic mass is 9.85. The highest BCUT2D eigenvalue weighted by Crippen LogP contribution is 2.39. The first-order chi connectivity index (χ1) is 12.7. The minimum atomic E-state index is -0.962. The van der Waals surface area contributed by atoms with E-state index >= 15 is 0 Å². The molecule has 4 rings (SSSR count). The Balaban J connectivity index is 1.87. The largest absolute Gasteiger partial charge is 0.362 e. The summed E-state index contributed by atoms with van der Waals surface area (Å²) in [4.78, 5) is 11.9. The summed E-state index contributed by atoms with van der Waals surface area (Å²) in [5.74, 6) is -1.51. The Morgan fingerprint density at radius 2 is 1.46 bits per heavy atom. The van der Waals surface area contributed by atoms with E-state index in [4.69, 9.17) is 0 Å². The summed E-state index contributed by atoms with van der Waals surface area (Å²) in [6.07, 6.45) is 4.94. The summed E-state index contributed by atoms with van der Waals surface area (Å²) in [7, 11) is 0. The van der Waals surface area contributed by atoms with Gasteiger partial charge in [0.1, 0.15) is 0 Å². The molecule has 0 aliphatic rings. The molecule has 0 heterocycles. The monoisotopic (exact) mass is 343 g/mol. The number of carbonyl (C=O) groups is 1. The Morgan fingerprint density at radius 3 is 2.15 bits per heavy atom. The number of unbranched alkanes of at least 4 members (excludes halogenated alkanes) is 3. The Labute approximate surface area is 153 Å². The van der Waals surface area contributed by atoms with Gasteiger partial charge in [-0.15, -0.1) is 0 Å². The molecule has 0 bridgehead atoms. The van der Waals surface area contributed by atoms with Gasteiger partial charge in [-0.3, -0.25) is 0 Å². The van der Waals surface area contributed by atoms with Crippen LogP contribution in [0.2, 0.25) is 0 Å². The highest BCUT2D eigenvalue weighted by molar-refractivity contribution is 6.23. The van der Waals surface area contributed by atoms with E-state index < -0.39 is 11.9 Å². The third kappa shape index (κ3) is 2.80. The molecule has 1 atom stereocenters. The van der Waals surface area contributed by atoms with Crippen molar-refractivity contribution in [3.8, 4) is 0 Å². The molecular weight excluding hydrogens is 320 g/mol. The Hall–Kier alpha value is -2.61. The van der Waals surface area contributed by atoms with Crippen molar-refractivity contribution in [3.63, 3.8) is 0 Å². The molecule has 0 aliphatic carbocycles. The van der Waals surface area contributed by atoms with Crippen molar-refractivity contribution in [2.45, 2.75) is 44.9 Å². The second kappa shape index (κ2) is 6.95. The van der Waals surface area contributed by atoms with E-state index in [-0.39, 0.29) is 0 Å². The van der Waals surface area contributed by atoms with Crippen LogP contribution in [0.3, 0.4) is 0 Å². The third-order valence-electron chi connectivity index (χ3n) is 5.57. The van der Waals surface area contributed by atoms with Gasteiger partial charge in [0.15, 0.2) is 0 Å². The molecule has 0 fully saturated rings. The molecule has 0 amide bonds. The number of hydrogen-bond acceptors (Lipinski definition) is 1. The lowest BCUT2D eigenvalue weighted by molar-refractivity contribution is -0.145. The summed E-state index contributed by atoms with van der Waals surface area (Å²) >= 11 is 0. The normalized spacial score (nSPS) is 13.0. The van der Waals surface area contributed by atoms with Gasteiger partial charge in [-0.1, -0.05) is 87.2 Å². The maximum Gasteiger partial charge on any atom is 0.362 e. The molecule has 1 radical (unpaired) electrons. The van der Waals surface area contributed by atoms with Gasteiger partial charge in [0.2, 0.25) is 0 Å². The Bertz CT molecular complexity index is 1050. The topological polar surface area (TPSA) is 37.0 Å². The standard InChI is InChI=1S/C24H23O2/c1-2-3-4-5-9-21(24(25)26)19-14-12-18-11-10-16-7-6-8-17-13-15-20(19)23(18)22(16)17/h6-8,10-15,21H,2-5,9H2,1H3. The lowest BCUT2D eigenvalue weighted by Crippen LogP contribution is -2.11. The van der Waals surface area contributed by atoms with Crippen molar-refractivity contribution >= 4 is 38.3 Å². The minimum absolute atomic E-state index is 0.545. The molecule has 0 N–H and O–H groups in total. The predicted molar refractivity (Wildman–Crippen MR) is 107 cm³/mol. The maximum atomic E-state index is 11.9. The van der Waals surface area contributed by atoms with E-state index in [2.05, 4.69) is 55.5 Å². The molecule has 4 aromatic rings. The second-order valence-electron chi connectivity index (χ2n) is 7.23. The van der Waals surface area contributed by atoms with Gasteiger partial charge in [-0.05, 0) is 44.3 Å². The molecule has 2 nitrogen and oxygen atoms in total. The van der Waals surface area contributed by atoms with Crippen LogP contribution in [-0.4, -0.2) is 5.97 Å². The smallest absolute Gasteiger partial charge is 0.247 e. The van der Waals surface area contributed by atoms with E-state index in [1.807, 2.05) is 6.07 Å². The molecule has 131 valence electrons. The zero-order valence-corrected chi connectivity index (χ0v) is 15.1. The lowest BCUT2D eigenvalue weighted by Gasteiger charge is -2.17. The highest BCUT2D eigenvalue weighted by atomic mass is 16.4. The fourth-order valence-corrected chi connectivity index (χ4v) is 4.24. The zero-order valence-electron chi connectivity index (χ0n) is 15.1. The van der Waals surface area contributed by atoms with Gasteiger partial charge >= 0.3 is 5.97 Å². The van der Waals surface area contributed by atoms with Crippen LogP contribution in [0.4, 0.5) is 0 Å². The number of rotatable bonds is 7. The fourth-order valence-electron chi connectivity index (χ4n) is 4.24. The van der Waals surface area contributed by atoms with E-state index in [9.17, 15) is 9.90 Å². The van der Waals surface area contributed by atoms with Crippen molar-refractivity contribution < 1.29 is 9.90 Å². The molecular formula is C24H23O2. The first-order valence-electron chi connectivity index (χ1n) is 9.58. The van der Waals surface area contributed by atoms with Gasteiger partial charge in [-0.2, -0.15) is 0 Å². The maximum absolute atomic E-state index is 11.9. The van der Waals surface area contributed by atoms with E-state index in [0.717, 1.165) is 42.0 Å². The fraction of sp³-hybridized carbons (Fsp3) is 0.292. The number of hydrogen-bond donors (Lipinski definition) is 0. The summed E-state index contributed by atoms with van der Waals surface area (Å²) in [6.45, 7) is 2.16. The molecule has 0 aromatic heterocycles. The van der Waals surface area contributed by atoms with Crippen molar-refractivity contribution in [1.29, 1.82) is 0 Å². The summed E-state index contributed by atoms with van der Waals surface area (Å²) in [5.41, 5.74) is 0.896. The SMILES string of the molecule is CCCCCCC(C([O])=O)c1ccc2ccc3cccc4ccc1c2c34. The number of carbonyl (C=O) groups excluding carboxylic acids is 1. The van der Waals surface area contributed by atoms with Gasteiger partial charge in [0, 0.05) is 0 Å². The van der Waals surface area contributed by atoms with E-state index in [1.54, 1.807) is 0 Å². The molecule has 0 aliphatic heterocycles. The average molecular weight is 343 g/mol. The van der Waals surface area contributed by atoms with Crippen LogP contribution in [-0.2, 0) is 9.90 Å². The van der Waals surface area contributed by atoms with Gasteiger partial charge in [0.25, 0.3) is 0 Å². The molecule has 0 saturated carbocycles. The molecule has 1 unspecified atom stereocenters. The molecule has 4 aromatic carbocycles. The zero-order chi connectivity index (χ0) is 18.1. The van der Waals surface area contributed by atoms with Gasteiger partial charge < -0.3 is 0 Å². The summed E-state index contributed by atoms with van der Waals surface area (Å²) in [5, 5.41) is 18.9. The van der Waals surface area contributed by atoms with E-state index in [0.29, 0.717) is 6.42 Å². The van der Waals surface area contributed by atoms with Crippen LogP contribution in [0.15, 0.2) is 54.6 Å². The molecule has 0 saturated heterocycles. The average Bonchev–Trinajstić information content (AvgIpc) is 2.66. The van der Waals surface area contributed by atoms with Crippen LogP contribution in [0, 0.1) is 0 Å². The van der Waals surface area contributed by atoms with Crippen LogP contribution in [0.1, 0.15) is 50.5 Å². The second-order valence-corrected chi connectivity index (χ2v) is 7.23. The van der Waals surface area contributed by atoms with Gasteiger partial charge in [0.05, 0.1) is 5.92 Å². The van der Waals surface area contributed by atoms with Crippen LogP contribution >= 0.6 is 0 Å². The van der Waals surface area contributed by atoms with Crippen molar-refractivity contribution in [3.05, 3.63) is 60.2 Å². The molecule has 0 spiro atoms. The van der Waals surface area contributed by atoms with Crippen LogP contribution < -0.4 is 0 Å². The Kier molecular flexibility index (Phi) is 4.50. The Morgan fingerprint density at radius 1 is 0.808 bits per heavy atom. The van der Waals surface area contributed by atoms with Crippen LogP contribution in [0.25, 0.3) is 32.3 Å². The van der Waals surface area contributed by atoms with Gasteiger partial charge in [-0.25, -0.2) is 9.90 Å². The summed E-state index contributed by atoms with van der Waals surface area (Å²) < 4.78 is 0. The highest BCUT2D eigenvalue weighted by Gasteiger charge is 2.24. The van der Waals surface area contributed by atoms with E-state index in [1.165, 1.54) is 21.5 Å². The third-order valence-corrected chi connectivity index (χ3v) is 5.57. The van der Waals surface area contributed by atoms with Crippen LogP contribution in [0.5, 0.6) is 0 Å². The van der Waals surface area contributed by atoms with Crippen molar-refractivity contribution in [2.75, 3.05) is 0 Å². The molecule has 26 heavy (non-hydrogen) atoms. The minimum Gasteiger partial charge on any atom is -0.247 e. The van der Waals surface area contributed by atoms with Crippen molar-refractivity contribution in [1.82, 2.24) is 0 Å². The quantitative estimate of drug-likeness (QED) is 0.275. The summed E-state index contributed by atoms with van der Waals surface area (Å²) in [6, 6.07) is 18.8. The first kappa shape index (κ1) is 16.8. The van der Waals surface area contributed by atoms with Crippen molar-refractivity contribution in [2.24, 2.45) is 0 Å². The number of benzene rings is 4.